The van der Waals surface area contributed by atoms with E-state index in [0.29, 0.717) is 24.0 Å². The Morgan fingerprint density at radius 3 is 2.85 bits per heavy atom. The van der Waals surface area contributed by atoms with E-state index in [1.165, 1.54) is 18.2 Å². The summed E-state index contributed by atoms with van der Waals surface area (Å²) in [5, 5.41) is 0.830. The Hall–Kier alpha value is -1.95. The van der Waals surface area contributed by atoms with Crippen molar-refractivity contribution in [2.24, 2.45) is 10.9 Å². The number of rotatable bonds is 5. The van der Waals surface area contributed by atoms with Crippen LogP contribution in [-0.4, -0.2) is 42.3 Å². The standard InChI is InChI=1S/C20H26N2O3S/c1-4-24-16-9-8-15(17(12-16)25-5-2)11-18-19(23)21-20(26-18)22-10-6-7-14(3)13-22/h8-9,11-12,14H,4-7,10,13H2,1-3H3. The molecule has 0 bridgehead atoms. The summed E-state index contributed by atoms with van der Waals surface area (Å²) in [7, 11) is 0. The molecule has 1 unspecified atom stereocenters. The Morgan fingerprint density at radius 1 is 1.31 bits per heavy atom. The lowest BCUT2D eigenvalue weighted by molar-refractivity contribution is -0.113. The number of thioether (sulfide) groups is 1. The molecular formula is C20H26N2O3S. The maximum absolute atomic E-state index is 12.4. The van der Waals surface area contributed by atoms with E-state index in [0.717, 1.165) is 41.7 Å². The number of carbonyl (C=O) groups is 1. The molecule has 140 valence electrons. The van der Waals surface area contributed by atoms with Gasteiger partial charge in [-0.2, -0.15) is 4.99 Å². The first-order valence-corrected chi connectivity index (χ1v) is 10.1. The number of benzene rings is 1. The van der Waals surface area contributed by atoms with Crippen LogP contribution >= 0.6 is 11.8 Å². The number of hydrogen-bond donors (Lipinski definition) is 0. The van der Waals surface area contributed by atoms with Crippen molar-refractivity contribution in [1.29, 1.82) is 0 Å². The molecule has 1 aromatic rings. The maximum Gasteiger partial charge on any atom is 0.286 e. The van der Waals surface area contributed by atoms with E-state index < -0.39 is 0 Å². The van der Waals surface area contributed by atoms with Gasteiger partial charge in [-0.3, -0.25) is 4.79 Å². The molecule has 0 N–H and O–H groups in total. The van der Waals surface area contributed by atoms with Crippen LogP contribution < -0.4 is 9.47 Å². The van der Waals surface area contributed by atoms with Crippen LogP contribution in [0.1, 0.15) is 39.2 Å². The van der Waals surface area contributed by atoms with Crippen molar-refractivity contribution in [3.8, 4) is 11.5 Å². The molecule has 1 atom stereocenters. The summed E-state index contributed by atoms with van der Waals surface area (Å²) < 4.78 is 11.3. The number of hydrogen-bond acceptors (Lipinski definition) is 5. The number of aliphatic imine (C=N–C) groups is 1. The van der Waals surface area contributed by atoms with Crippen molar-refractivity contribution < 1.29 is 14.3 Å². The average Bonchev–Trinajstić information content (AvgIpc) is 2.98. The highest BCUT2D eigenvalue weighted by Crippen LogP contribution is 2.35. The first kappa shape index (κ1) is 18.8. The van der Waals surface area contributed by atoms with Crippen molar-refractivity contribution in [2.75, 3.05) is 26.3 Å². The predicted octanol–water partition coefficient (Wildman–Crippen LogP) is 4.19. The zero-order chi connectivity index (χ0) is 18.5. The molecule has 5 nitrogen and oxygen atoms in total. The quantitative estimate of drug-likeness (QED) is 0.724. The van der Waals surface area contributed by atoms with E-state index in [9.17, 15) is 4.79 Å². The highest BCUT2D eigenvalue weighted by atomic mass is 32.2. The van der Waals surface area contributed by atoms with E-state index in [-0.39, 0.29) is 5.91 Å². The number of amidine groups is 1. The largest absolute Gasteiger partial charge is 0.494 e. The fraction of sp³-hybridized carbons (Fsp3) is 0.500. The number of carbonyl (C=O) groups excluding carboxylic acids is 1. The maximum atomic E-state index is 12.4. The number of ether oxygens (including phenoxy) is 2. The van der Waals surface area contributed by atoms with Gasteiger partial charge in [-0.1, -0.05) is 6.92 Å². The van der Waals surface area contributed by atoms with E-state index in [1.54, 1.807) is 0 Å². The van der Waals surface area contributed by atoms with Gasteiger partial charge in [0.15, 0.2) is 5.17 Å². The van der Waals surface area contributed by atoms with Crippen molar-refractivity contribution in [3.63, 3.8) is 0 Å². The summed E-state index contributed by atoms with van der Waals surface area (Å²) in [5.41, 5.74) is 0.870. The molecule has 1 saturated heterocycles. The fourth-order valence-electron chi connectivity index (χ4n) is 3.21. The van der Waals surface area contributed by atoms with Gasteiger partial charge < -0.3 is 14.4 Å². The number of likely N-dealkylation sites (tertiary alicyclic amines) is 1. The van der Waals surface area contributed by atoms with Crippen molar-refractivity contribution in [1.82, 2.24) is 4.90 Å². The van der Waals surface area contributed by atoms with Crippen LogP contribution in [0.5, 0.6) is 11.5 Å². The molecule has 26 heavy (non-hydrogen) atoms. The van der Waals surface area contributed by atoms with Crippen LogP contribution in [0.15, 0.2) is 28.1 Å². The Kier molecular flexibility index (Phi) is 6.25. The summed E-state index contributed by atoms with van der Waals surface area (Å²) in [4.78, 5) is 19.5. The second-order valence-corrected chi connectivity index (χ2v) is 7.58. The van der Waals surface area contributed by atoms with Gasteiger partial charge in [0.25, 0.3) is 5.91 Å². The molecule has 1 fully saturated rings. The van der Waals surface area contributed by atoms with Gasteiger partial charge >= 0.3 is 0 Å². The molecule has 0 spiro atoms. The van der Waals surface area contributed by atoms with Crippen LogP contribution in [0, 0.1) is 5.92 Å². The van der Waals surface area contributed by atoms with Crippen molar-refractivity contribution in [3.05, 3.63) is 28.7 Å². The summed E-state index contributed by atoms with van der Waals surface area (Å²) in [6.45, 7) is 9.25. The van der Waals surface area contributed by atoms with Crippen LogP contribution in [0.2, 0.25) is 0 Å². The minimum absolute atomic E-state index is 0.167. The molecule has 2 heterocycles. The Balaban J connectivity index is 1.79. The van der Waals surface area contributed by atoms with Crippen LogP contribution in [0.3, 0.4) is 0 Å². The first-order chi connectivity index (χ1) is 12.6. The topological polar surface area (TPSA) is 51.1 Å². The summed E-state index contributed by atoms with van der Waals surface area (Å²) >= 11 is 1.46. The molecule has 2 aliphatic heterocycles. The van der Waals surface area contributed by atoms with Crippen LogP contribution in [0.25, 0.3) is 6.08 Å². The summed E-state index contributed by atoms with van der Waals surface area (Å²) in [5.74, 6) is 1.97. The van der Waals surface area contributed by atoms with Crippen LogP contribution in [0.4, 0.5) is 0 Å². The molecule has 3 rings (SSSR count). The first-order valence-electron chi connectivity index (χ1n) is 9.27. The molecule has 0 aromatic heterocycles. The Labute approximate surface area is 159 Å². The van der Waals surface area contributed by atoms with Crippen molar-refractivity contribution >= 4 is 28.9 Å². The molecule has 0 aliphatic carbocycles. The van der Waals surface area contributed by atoms with E-state index in [2.05, 4.69) is 16.8 Å². The van der Waals surface area contributed by atoms with Gasteiger partial charge in [0, 0.05) is 24.7 Å². The molecule has 6 heteroatoms. The Bertz CT molecular complexity index is 730. The SMILES string of the molecule is CCOc1ccc(C=C2SC(N3CCCC(C)C3)=NC2=O)c(OCC)c1. The summed E-state index contributed by atoms with van der Waals surface area (Å²) in [6.07, 6.45) is 4.27. The number of piperidine rings is 1. The molecular weight excluding hydrogens is 348 g/mol. The minimum atomic E-state index is -0.167. The second-order valence-electron chi connectivity index (χ2n) is 6.57. The van der Waals surface area contributed by atoms with E-state index in [1.807, 2.05) is 38.1 Å². The van der Waals surface area contributed by atoms with Gasteiger partial charge in [-0.05, 0) is 62.6 Å². The lowest BCUT2D eigenvalue weighted by Gasteiger charge is -2.31. The molecule has 1 aromatic carbocycles. The normalized spacial score (nSPS) is 21.9. The lowest BCUT2D eigenvalue weighted by Crippen LogP contribution is -2.37. The molecule has 0 radical (unpaired) electrons. The minimum Gasteiger partial charge on any atom is -0.494 e. The monoisotopic (exact) mass is 374 g/mol. The van der Waals surface area contributed by atoms with E-state index >= 15 is 0 Å². The van der Waals surface area contributed by atoms with Gasteiger partial charge in [0.05, 0.1) is 18.1 Å². The van der Waals surface area contributed by atoms with Gasteiger partial charge in [-0.25, -0.2) is 0 Å². The van der Waals surface area contributed by atoms with Gasteiger partial charge in [0.1, 0.15) is 11.5 Å². The zero-order valence-electron chi connectivity index (χ0n) is 15.7. The second kappa shape index (κ2) is 8.62. The third-order valence-corrected chi connectivity index (χ3v) is 5.46. The lowest BCUT2D eigenvalue weighted by atomic mass is 10.0. The highest BCUT2D eigenvalue weighted by Gasteiger charge is 2.28. The van der Waals surface area contributed by atoms with E-state index in [4.69, 9.17) is 9.47 Å². The smallest absolute Gasteiger partial charge is 0.286 e. The molecule has 1 amide bonds. The highest BCUT2D eigenvalue weighted by molar-refractivity contribution is 8.18. The predicted molar refractivity (Wildman–Crippen MR) is 107 cm³/mol. The summed E-state index contributed by atoms with van der Waals surface area (Å²) in [6, 6.07) is 5.70. The fourth-order valence-corrected chi connectivity index (χ4v) is 4.15. The van der Waals surface area contributed by atoms with Gasteiger partial charge in [0.2, 0.25) is 0 Å². The number of amides is 1. The van der Waals surface area contributed by atoms with Crippen LogP contribution in [-0.2, 0) is 4.79 Å². The van der Waals surface area contributed by atoms with Gasteiger partial charge in [-0.15, -0.1) is 0 Å². The Morgan fingerprint density at radius 2 is 2.12 bits per heavy atom. The molecule has 2 aliphatic rings. The third kappa shape index (κ3) is 4.41. The number of nitrogens with zero attached hydrogens (tertiary/aromatic N) is 2. The molecule has 0 saturated carbocycles. The van der Waals surface area contributed by atoms with Crippen molar-refractivity contribution in [2.45, 2.75) is 33.6 Å². The average molecular weight is 375 g/mol. The zero-order valence-corrected chi connectivity index (χ0v) is 16.5. The third-order valence-electron chi connectivity index (χ3n) is 4.42.